The van der Waals surface area contributed by atoms with E-state index < -0.39 is 17.2 Å². The zero-order valence-corrected chi connectivity index (χ0v) is 11.4. The van der Waals surface area contributed by atoms with Crippen LogP contribution in [0.25, 0.3) is 0 Å². The molecule has 7 heteroatoms. The maximum atomic E-state index is 13.4. The molecule has 21 heavy (non-hydrogen) atoms. The molecule has 5 nitrogen and oxygen atoms in total. The summed E-state index contributed by atoms with van der Waals surface area (Å²) in [5.74, 6) is -2.19. The van der Waals surface area contributed by atoms with Crippen LogP contribution in [0.4, 0.5) is 14.5 Å². The Kier molecular flexibility index (Phi) is 3.88. The van der Waals surface area contributed by atoms with Gasteiger partial charge in [-0.25, -0.2) is 8.78 Å². The van der Waals surface area contributed by atoms with E-state index in [2.05, 4.69) is 5.32 Å². The lowest BCUT2D eigenvalue weighted by Gasteiger charge is -2.41. The molecule has 1 aromatic rings. The molecule has 2 saturated heterocycles. The summed E-state index contributed by atoms with van der Waals surface area (Å²) in [5, 5.41) is 3.19. The molecule has 1 unspecified atom stereocenters. The lowest BCUT2D eigenvalue weighted by atomic mass is 10.0. The van der Waals surface area contributed by atoms with Gasteiger partial charge in [-0.3, -0.25) is 4.79 Å². The number of carbonyl (C=O) groups excluding carboxylic acids is 1. The third kappa shape index (κ3) is 2.90. The number of benzene rings is 1. The molecule has 1 amide bonds. The van der Waals surface area contributed by atoms with Gasteiger partial charge in [0.1, 0.15) is 12.2 Å². The second-order valence-electron chi connectivity index (χ2n) is 5.28. The second kappa shape index (κ2) is 5.67. The minimum Gasteiger partial charge on any atom is -0.377 e. The van der Waals surface area contributed by atoms with Crippen molar-refractivity contribution in [2.24, 2.45) is 0 Å². The Morgan fingerprint density at radius 3 is 2.95 bits per heavy atom. The van der Waals surface area contributed by atoms with Crippen molar-refractivity contribution in [3.8, 4) is 0 Å². The molecule has 114 valence electrons. The Labute approximate surface area is 120 Å². The number of hydrogen-bond acceptors (Lipinski definition) is 4. The van der Waals surface area contributed by atoms with Gasteiger partial charge in [0.2, 0.25) is 0 Å². The van der Waals surface area contributed by atoms with Gasteiger partial charge in [-0.15, -0.1) is 0 Å². The lowest BCUT2D eigenvalue weighted by molar-refractivity contribution is -0.144. The monoisotopic (exact) mass is 298 g/mol. The van der Waals surface area contributed by atoms with E-state index in [1.807, 2.05) is 0 Å². The largest absolute Gasteiger partial charge is 0.377 e. The smallest absolute Gasteiger partial charge is 0.253 e. The van der Waals surface area contributed by atoms with Crippen LogP contribution in [0.1, 0.15) is 0 Å². The number of hydrogen-bond donors (Lipinski definition) is 1. The highest BCUT2D eigenvalue weighted by atomic mass is 19.2. The topological polar surface area (TPSA) is 50.8 Å². The summed E-state index contributed by atoms with van der Waals surface area (Å²) in [6.07, 6.45) is 0. The SMILES string of the molecule is O=C1COC2(CNCCOC2)CN1c1ccc(F)c(F)c1. The van der Waals surface area contributed by atoms with Gasteiger partial charge >= 0.3 is 0 Å². The molecule has 2 fully saturated rings. The molecule has 0 radical (unpaired) electrons. The minimum atomic E-state index is -0.976. The van der Waals surface area contributed by atoms with Crippen LogP contribution >= 0.6 is 0 Å². The third-order valence-electron chi connectivity index (χ3n) is 3.70. The summed E-state index contributed by atoms with van der Waals surface area (Å²) in [7, 11) is 0. The maximum Gasteiger partial charge on any atom is 0.253 e. The van der Waals surface area contributed by atoms with Gasteiger partial charge in [-0.05, 0) is 12.1 Å². The third-order valence-corrected chi connectivity index (χ3v) is 3.70. The Bertz CT molecular complexity index is 545. The fraction of sp³-hybridized carbons (Fsp3) is 0.500. The number of rotatable bonds is 1. The summed E-state index contributed by atoms with van der Waals surface area (Å²) in [5.41, 5.74) is -0.333. The molecule has 1 atom stereocenters. The van der Waals surface area contributed by atoms with Crippen molar-refractivity contribution >= 4 is 11.6 Å². The van der Waals surface area contributed by atoms with E-state index in [1.165, 1.54) is 11.0 Å². The highest BCUT2D eigenvalue weighted by Crippen LogP contribution is 2.26. The Morgan fingerprint density at radius 1 is 1.29 bits per heavy atom. The first-order valence-corrected chi connectivity index (χ1v) is 6.78. The molecule has 1 aromatic carbocycles. The number of anilines is 1. The number of halogens is 2. The predicted octanol–water partition coefficient (Wildman–Crippen LogP) is 0.687. The van der Waals surface area contributed by atoms with Crippen molar-refractivity contribution in [2.75, 3.05) is 44.4 Å². The summed E-state index contributed by atoms with van der Waals surface area (Å²) in [6, 6.07) is 3.43. The van der Waals surface area contributed by atoms with Gasteiger partial charge in [-0.2, -0.15) is 0 Å². The number of morpholine rings is 1. The zero-order chi connectivity index (χ0) is 14.9. The Hall–Kier alpha value is -1.57. The van der Waals surface area contributed by atoms with Gasteiger partial charge in [0.05, 0.1) is 19.8 Å². The molecule has 1 spiro atoms. The van der Waals surface area contributed by atoms with Crippen molar-refractivity contribution in [3.63, 3.8) is 0 Å². The Balaban J connectivity index is 1.85. The number of nitrogens with zero attached hydrogens (tertiary/aromatic N) is 1. The summed E-state index contributed by atoms with van der Waals surface area (Å²) in [4.78, 5) is 13.4. The van der Waals surface area contributed by atoms with E-state index in [0.717, 1.165) is 12.1 Å². The van der Waals surface area contributed by atoms with Gasteiger partial charge in [-0.1, -0.05) is 0 Å². The van der Waals surface area contributed by atoms with E-state index >= 15 is 0 Å². The number of amides is 1. The first-order chi connectivity index (χ1) is 10.1. The molecule has 2 aliphatic heterocycles. The average Bonchev–Trinajstić information content (AvgIpc) is 2.71. The zero-order valence-electron chi connectivity index (χ0n) is 11.4. The maximum absolute atomic E-state index is 13.4. The van der Waals surface area contributed by atoms with Gasteiger partial charge < -0.3 is 19.7 Å². The fourth-order valence-corrected chi connectivity index (χ4v) is 2.57. The quantitative estimate of drug-likeness (QED) is 0.829. The van der Waals surface area contributed by atoms with Crippen LogP contribution in [-0.4, -0.2) is 51.0 Å². The predicted molar refractivity (Wildman–Crippen MR) is 71.1 cm³/mol. The molecule has 0 saturated carbocycles. The van der Waals surface area contributed by atoms with Crippen LogP contribution < -0.4 is 10.2 Å². The molecule has 3 rings (SSSR count). The molecular weight excluding hydrogens is 282 g/mol. The average molecular weight is 298 g/mol. The van der Waals surface area contributed by atoms with Gasteiger partial charge in [0, 0.05) is 24.8 Å². The van der Waals surface area contributed by atoms with Crippen LogP contribution in [-0.2, 0) is 14.3 Å². The Morgan fingerprint density at radius 2 is 2.14 bits per heavy atom. The lowest BCUT2D eigenvalue weighted by Crippen LogP contribution is -2.60. The van der Waals surface area contributed by atoms with Gasteiger partial charge in [0.15, 0.2) is 11.6 Å². The van der Waals surface area contributed by atoms with E-state index in [0.29, 0.717) is 32.0 Å². The van der Waals surface area contributed by atoms with E-state index in [4.69, 9.17) is 9.47 Å². The highest BCUT2D eigenvalue weighted by Gasteiger charge is 2.41. The first-order valence-electron chi connectivity index (χ1n) is 6.78. The minimum absolute atomic E-state index is 0.107. The van der Waals surface area contributed by atoms with E-state index in [9.17, 15) is 13.6 Å². The molecule has 0 aliphatic carbocycles. The summed E-state index contributed by atoms with van der Waals surface area (Å²) < 4.78 is 37.6. The number of carbonyl (C=O) groups is 1. The van der Waals surface area contributed by atoms with Crippen LogP contribution in [0, 0.1) is 11.6 Å². The molecular formula is C14H16F2N2O3. The number of ether oxygens (including phenoxy) is 2. The molecule has 1 N–H and O–H groups in total. The molecule has 0 aromatic heterocycles. The van der Waals surface area contributed by atoms with Crippen molar-refractivity contribution < 1.29 is 23.0 Å². The first kappa shape index (κ1) is 14.4. The van der Waals surface area contributed by atoms with Crippen LogP contribution in [0.2, 0.25) is 0 Å². The van der Waals surface area contributed by atoms with Crippen LogP contribution in [0.3, 0.4) is 0 Å². The summed E-state index contributed by atoms with van der Waals surface area (Å²) in [6.45, 7) is 2.32. The molecule has 2 aliphatic rings. The van der Waals surface area contributed by atoms with Crippen molar-refractivity contribution in [1.29, 1.82) is 0 Å². The van der Waals surface area contributed by atoms with Crippen molar-refractivity contribution in [2.45, 2.75) is 5.60 Å². The van der Waals surface area contributed by atoms with E-state index in [1.54, 1.807) is 0 Å². The molecule has 2 heterocycles. The standard InChI is InChI=1S/C14H16F2N2O3/c15-11-2-1-10(5-12(11)16)18-8-14(21-6-13(18)19)7-17-3-4-20-9-14/h1-2,5,17H,3-4,6-9H2. The van der Waals surface area contributed by atoms with Gasteiger partial charge in [0.25, 0.3) is 5.91 Å². The highest BCUT2D eigenvalue weighted by molar-refractivity contribution is 5.95. The van der Waals surface area contributed by atoms with Crippen LogP contribution in [0.5, 0.6) is 0 Å². The normalized spacial score (nSPS) is 27.0. The van der Waals surface area contributed by atoms with Crippen molar-refractivity contribution in [1.82, 2.24) is 5.32 Å². The van der Waals surface area contributed by atoms with Crippen molar-refractivity contribution in [3.05, 3.63) is 29.8 Å². The summed E-state index contributed by atoms with van der Waals surface area (Å²) >= 11 is 0. The second-order valence-corrected chi connectivity index (χ2v) is 5.28. The number of nitrogens with one attached hydrogen (secondary N) is 1. The molecule has 0 bridgehead atoms. The fourth-order valence-electron chi connectivity index (χ4n) is 2.57. The van der Waals surface area contributed by atoms with Crippen LogP contribution in [0.15, 0.2) is 18.2 Å². The van der Waals surface area contributed by atoms with E-state index in [-0.39, 0.29) is 19.1 Å².